The monoisotopic (exact) mass is 388 g/mol. The van der Waals surface area contributed by atoms with Crippen molar-refractivity contribution in [1.29, 1.82) is 0 Å². The first kappa shape index (κ1) is 13.9. The molecule has 0 amide bonds. The molecule has 1 nitrogen and oxygen atoms in total. The van der Waals surface area contributed by atoms with Gasteiger partial charge in [-0.25, -0.2) is 0 Å². The van der Waals surface area contributed by atoms with Crippen molar-refractivity contribution in [3.63, 3.8) is 0 Å². The van der Waals surface area contributed by atoms with E-state index in [0.29, 0.717) is 0 Å². The number of alkyl halides is 1. The lowest BCUT2D eigenvalue weighted by Crippen LogP contribution is -1.97. The van der Waals surface area contributed by atoms with E-state index in [1.807, 2.05) is 42.5 Å². The van der Waals surface area contributed by atoms with Crippen LogP contribution in [0.2, 0.25) is 5.02 Å². The molecule has 0 bridgehead atoms. The highest BCUT2D eigenvalue weighted by Gasteiger charge is 2.17. The van der Waals surface area contributed by atoms with E-state index in [9.17, 15) is 0 Å². The number of ether oxygens (including phenoxy) is 1. The molecule has 0 heterocycles. The molecule has 2 rings (SSSR count). The van der Waals surface area contributed by atoms with Gasteiger partial charge in [-0.1, -0.05) is 61.7 Å². The van der Waals surface area contributed by atoms with Crippen molar-refractivity contribution >= 4 is 43.5 Å². The first-order chi connectivity index (χ1) is 8.63. The first-order valence-corrected chi connectivity index (χ1v) is 7.44. The Balaban J connectivity index is 2.48. The highest BCUT2D eigenvalue weighted by molar-refractivity contribution is 9.10. The van der Waals surface area contributed by atoms with Crippen molar-refractivity contribution in [3.05, 3.63) is 63.1 Å². The molecule has 0 aliphatic carbocycles. The molecule has 2 aromatic rings. The van der Waals surface area contributed by atoms with Crippen molar-refractivity contribution in [2.45, 2.75) is 4.83 Å². The summed E-state index contributed by atoms with van der Waals surface area (Å²) in [6.07, 6.45) is 0. The van der Waals surface area contributed by atoms with Crippen LogP contribution in [0.15, 0.2) is 46.9 Å². The van der Waals surface area contributed by atoms with Crippen LogP contribution in [0.1, 0.15) is 16.0 Å². The fourth-order valence-electron chi connectivity index (χ4n) is 1.75. The van der Waals surface area contributed by atoms with Crippen molar-refractivity contribution in [1.82, 2.24) is 0 Å². The Morgan fingerprint density at radius 1 is 1.11 bits per heavy atom. The van der Waals surface area contributed by atoms with Gasteiger partial charge >= 0.3 is 0 Å². The van der Waals surface area contributed by atoms with Crippen LogP contribution in [0.4, 0.5) is 0 Å². The lowest BCUT2D eigenvalue weighted by Gasteiger charge is -2.16. The van der Waals surface area contributed by atoms with Gasteiger partial charge in [0.25, 0.3) is 0 Å². The molecule has 0 spiro atoms. The van der Waals surface area contributed by atoms with Crippen molar-refractivity contribution in [2.75, 3.05) is 7.11 Å². The molecule has 18 heavy (non-hydrogen) atoms. The molecule has 0 saturated carbocycles. The zero-order chi connectivity index (χ0) is 13.1. The number of hydrogen-bond donors (Lipinski definition) is 0. The van der Waals surface area contributed by atoms with Crippen molar-refractivity contribution < 1.29 is 4.74 Å². The standard InChI is InChI=1S/C14H11Br2ClO/c1-18-13-7-6-9(15)8-11(13)14(16)10-4-2-3-5-12(10)17/h2-8,14H,1H3. The molecule has 0 aliphatic rings. The molecule has 94 valence electrons. The minimum atomic E-state index is -0.00125. The molecule has 1 atom stereocenters. The Labute approximate surface area is 128 Å². The van der Waals surface area contributed by atoms with E-state index in [1.54, 1.807) is 7.11 Å². The summed E-state index contributed by atoms with van der Waals surface area (Å²) in [5.74, 6) is 0.833. The lowest BCUT2D eigenvalue weighted by molar-refractivity contribution is 0.410. The van der Waals surface area contributed by atoms with E-state index >= 15 is 0 Å². The van der Waals surface area contributed by atoms with Gasteiger partial charge in [-0.3, -0.25) is 0 Å². The van der Waals surface area contributed by atoms with Gasteiger partial charge in [0, 0.05) is 15.1 Å². The number of hydrogen-bond acceptors (Lipinski definition) is 1. The summed E-state index contributed by atoms with van der Waals surface area (Å²) < 4.78 is 6.40. The van der Waals surface area contributed by atoms with Crippen molar-refractivity contribution in [2.24, 2.45) is 0 Å². The van der Waals surface area contributed by atoms with Gasteiger partial charge in [0.1, 0.15) is 5.75 Å². The molecule has 4 heteroatoms. The van der Waals surface area contributed by atoms with E-state index in [0.717, 1.165) is 26.4 Å². The third-order valence-corrected chi connectivity index (χ3v) is 4.47. The highest BCUT2D eigenvalue weighted by atomic mass is 79.9. The van der Waals surface area contributed by atoms with Crippen LogP contribution in [0.5, 0.6) is 5.75 Å². The van der Waals surface area contributed by atoms with Crippen LogP contribution in [-0.4, -0.2) is 7.11 Å². The SMILES string of the molecule is COc1ccc(Br)cc1C(Br)c1ccccc1Cl. The molecular weight excluding hydrogens is 379 g/mol. The number of methoxy groups -OCH3 is 1. The summed E-state index contributed by atoms with van der Waals surface area (Å²) >= 11 is 13.4. The van der Waals surface area contributed by atoms with E-state index in [4.69, 9.17) is 16.3 Å². The van der Waals surface area contributed by atoms with E-state index < -0.39 is 0 Å². The Bertz CT molecular complexity index is 557. The number of benzene rings is 2. The molecule has 0 radical (unpaired) electrons. The third kappa shape index (κ3) is 2.90. The summed E-state index contributed by atoms with van der Waals surface area (Å²) in [5, 5.41) is 0.737. The Kier molecular flexibility index (Phi) is 4.71. The van der Waals surface area contributed by atoms with Crippen LogP contribution >= 0.6 is 43.5 Å². The van der Waals surface area contributed by atoms with Crippen LogP contribution in [0, 0.1) is 0 Å². The maximum absolute atomic E-state index is 6.22. The summed E-state index contributed by atoms with van der Waals surface area (Å²) in [6, 6.07) is 13.7. The van der Waals surface area contributed by atoms with Gasteiger partial charge in [-0.15, -0.1) is 0 Å². The molecule has 2 aromatic carbocycles. The van der Waals surface area contributed by atoms with Gasteiger partial charge in [-0.2, -0.15) is 0 Å². The maximum atomic E-state index is 6.22. The van der Waals surface area contributed by atoms with Crippen LogP contribution in [-0.2, 0) is 0 Å². The average Bonchev–Trinajstić information content (AvgIpc) is 2.38. The Hall–Kier alpha value is -0.510. The van der Waals surface area contributed by atoms with Crippen molar-refractivity contribution in [3.8, 4) is 5.75 Å². The maximum Gasteiger partial charge on any atom is 0.123 e. The van der Waals surface area contributed by atoms with Gasteiger partial charge in [0.15, 0.2) is 0 Å². The second-order valence-electron chi connectivity index (χ2n) is 3.77. The number of rotatable bonds is 3. The predicted molar refractivity (Wildman–Crippen MR) is 82.9 cm³/mol. The minimum Gasteiger partial charge on any atom is -0.496 e. The Morgan fingerprint density at radius 3 is 2.50 bits per heavy atom. The predicted octanol–water partition coefficient (Wildman–Crippen LogP) is 5.60. The summed E-state index contributed by atoms with van der Waals surface area (Å²) in [4.78, 5) is -0.00125. The van der Waals surface area contributed by atoms with Crippen LogP contribution in [0.3, 0.4) is 0 Å². The largest absolute Gasteiger partial charge is 0.496 e. The summed E-state index contributed by atoms with van der Waals surface area (Å²) in [6.45, 7) is 0. The second kappa shape index (κ2) is 6.09. The molecule has 0 aromatic heterocycles. The third-order valence-electron chi connectivity index (χ3n) is 2.64. The normalized spacial score (nSPS) is 12.2. The average molecular weight is 391 g/mol. The fourth-order valence-corrected chi connectivity index (χ4v) is 3.26. The molecule has 0 fully saturated rings. The second-order valence-corrected chi connectivity index (χ2v) is 6.01. The quantitative estimate of drug-likeness (QED) is 0.620. The van der Waals surface area contributed by atoms with E-state index in [-0.39, 0.29) is 4.83 Å². The van der Waals surface area contributed by atoms with Crippen LogP contribution in [0.25, 0.3) is 0 Å². The lowest BCUT2D eigenvalue weighted by atomic mass is 10.0. The molecule has 1 unspecified atom stereocenters. The zero-order valence-corrected chi connectivity index (χ0v) is 13.6. The minimum absolute atomic E-state index is 0.00125. The van der Waals surface area contributed by atoms with E-state index in [2.05, 4.69) is 31.9 Å². The smallest absolute Gasteiger partial charge is 0.123 e. The molecule has 0 aliphatic heterocycles. The Morgan fingerprint density at radius 2 is 1.83 bits per heavy atom. The molecule has 0 saturated heterocycles. The molecule has 0 N–H and O–H groups in total. The van der Waals surface area contributed by atoms with Gasteiger partial charge in [0.2, 0.25) is 0 Å². The van der Waals surface area contributed by atoms with Crippen LogP contribution < -0.4 is 4.74 Å². The van der Waals surface area contributed by atoms with Gasteiger partial charge < -0.3 is 4.74 Å². The fraction of sp³-hybridized carbons (Fsp3) is 0.143. The summed E-state index contributed by atoms with van der Waals surface area (Å²) in [7, 11) is 1.67. The zero-order valence-electron chi connectivity index (χ0n) is 9.66. The summed E-state index contributed by atoms with van der Waals surface area (Å²) in [5.41, 5.74) is 2.07. The number of halogens is 3. The topological polar surface area (TPSA) is 9.23 Å². The van der Waals surface area contributed by atoms with E-state index in [1.165, 1.54) is 0 Å². The first-order valence-electron chi connectivity index (χ1n) is 5.35. The highest BCUT2D eigenvalue weighted by Crippen LogP contribution is 2.40. The van der Waals surface area contributed by atoms with Gasteiger partial charge in [0.05, 0.1) is 11.9 Å². The van der Waals surface area contributed by atoms with Gasteiger partial charge in [-0.05, 0) is 29.8 Å². The molecular formula is C14H11Br2ClO.